The van der Waals surface area contributed by atoms with Gasteiger partial charge in [0.25, 0.3) is 0 Å². The van der Waals surface area contributed by atoms with Crippen molar-refractivity contribution in [2.24, 2.45) is 5.92 Å². The summed E-state index contributed by atoms with van der Waals surface area (Å²) in [4.78, 5) is 10.2. The average molecular weight is 236 g/mol. The molecule has 0 aliphatic carbocycles. The maximum atomic E-state index is 4.45. The molecule has 0 amide bonds. The van der Waals surface area contributed by atoms with Crippen molar-refractivity contribution < 1.29 is 0 Å². The number of rotatable bonds is 5. The van der Waals surface area contributed by atoms with E-state index in [4.69, 9.17) is 0 Å². The number of hydrogen-bond donors (Lipinski definition) is 2. The zero-order chi connectivity index (χ0) is 12.1. The van der Waals surface area contributed by atoms with Gasteiger partial charge in [-0.15, -0.1) is 0 Å². The number of aromatic nitrogens is 2. The number of H-pyrrole nitrogens is 1. The second-order valence-electron chi connectivity index (χ2n) is 4.82. The molecule has 4 nitrogen and oxygen atoms in total. The van der Waals surface area contributed by atoms with Gasteiger partial charge in [-0.25, -0.2) is 4.98 Å². The Kier molecular flexibility index (Phi) is 4.42. The summed E-state index contributed by atoms with van der Waals surface area (Å²) in [7, 11) is 0. The highest BCUT2D eigenvalue weighted by Crippen LogP contribution is 2.20. The molecular weight excluding hydrogens is 212 g/mol. The predicted molar refractivity (Wildman–Crippen MR) is 71.4 cm³/mol. The highest BCUT2D eigenvalue weighted by molar-refractivity contribution is 5.31. The van der Waals surface area contributed by atoms with Gasteiger partial charge in [-0.05, 0) is 38.3 Å². The molecule has 2 rings (SSSR count). The smallest absolute Gasteiger partial charge is 0.202 e. The number of aromatic amines is 1. The van der Waals surface area contributed by atoms with Crippen LogP contribution in [-0.4, -0.2) is 36.1 Å². The third kappa shape index (κ3) is 3.22. The molecule has 0 unspecified atom stereocenters. The van der Waals surface area contributed by atoms with E-state index in [1.165, 1.54) is 25.1 Å². The summed E-state index contributed by atoms with van der Waals surface area (Å²) < 4.78 is 0. The van der Waals surface area contributed by atoms with Crippen LogP contribution in [0.25, 0.3) is 0 Å². The summed E-state index contributed by atoms with van der Waals surface area (Å²) in [5.41, 5.74) is 1.23. The monoisotopic (exact) mass is 236 g/mol. The Labute approximate surface area is 104 Å². The molecule has 0 radical (unpaired) electrons. The first-order chi connectivity index (χ1) is 8.33. The molecule has 17 heavy (non-hydrogen) atoms. The minimum atomic E-state index is 0.840. The largest absolute Gasteiger partial charge is 0.342 e. The summed E-state index contributed by atoms with van der Waals surface area (Å²) in [6, 6.07) is 0. The number of anilines is 1. The molecular formula is C13H24N4. The van der Waals surface area contributed by atoms with Crippen LogP contribution in [0.5, 0.6) is 0 Å². The lowest BCUT2D eigenvalue weighted by Crippen LogP contribution is -2.37. The van der Waals surface area contributed by atoms with Gasteiger partial charge in [-0.1, -0.05) is 13.8 Å². The summed E-state index contributed by atoms with van der Waals surface area (Å²) in [5, 5.41) is 3.44. The normalized spacial score (nSPS) is 17.6. The minimum absolute atomic E-state index is 0.840. The van der Waals surface area contributed by atoms with Crippen molar-refractivity contribution in [3.8, 4) is 0 Å². The molecule has 1 aromatic heterocycles. The minimum Gasteiger partial charge on any atom is -0.342 e. The van der Waals surface area contributed by atoms with Crippen LogP contribution in [0.2, 0.25) is 0 Å². The van der Waals surface area contributed by atoms with Crippen LogP contribution in [0.15, 0.2) is 6.20 Å². The molecule has 0 aromatic carbocycles. The van der Waals surface area contributed by atoms with Crippen molar-refractivity contribution in [1.29, 1.82) is 0 Å². The van der Waals surface area contributed by atoms with Crippen molar-refractivity contribution >= 4 is 5.95 Å². The molecule has 2 heterocycles. The third-order valence-electron chi connectivity index (χ3n) is 3.59. The van der Waals surface area contributed by atoms with E-state index in [9.17, 15) is 0 Å². The zero-order valence-corrected chi connectivity index (χ0v) is 11.0. The summed E-state index contributed by atoms with van der Waals surface area (Å²) >= 11 is 0. The molecule has 0 bridgehead atoms. The van der Waals surface area contributed by atoms with Gasteiger partial charge >= 0.3 is 0 Å². The van der Waals surface area contributed by atoms with E-state index in [2.05, 4.69) is 34.0 Å². The molecule has 1 aliphatic rings. The van der Waals surface area contributed by atoms with Gasteiger partial charge in [0.15, 0.2) is 0 Å². The summed E-state index contributed by atoms with van der Waals surface area (Å²) in [6.07, 6.45) is 5.54. The van der Waals surface area contributed by atoms with Crippen molar-refractivity contribution in [3.05, 3.63) is 11.9 Å². The van der Waals surface area contributed by atoms with E-state index in [1.54, 1.807) is 0 Å². The predicted octanol–water partition coefficient (Wildman–Crippen LogP) is 1.80. The highest BCUT2D eigenvalue weighted by atomic mass is 15.3. The lowest BCUT2D eigenvalue weighted by atomic mass is 9.97. The van der Waals surface area contributed by atoms with Crippen molar-refractivity contribution in [2.75, 3.05) is 31.1 Å². The van der Waals surface area contributed by atoms with E-state index in [0.29, 0.717) is 0 Å². The fourth-order valence-corrected chi connectivity index (χ4v) is 2.38. The van der Waals surface area contributed by atoms with Gasteiger partial charge < -0.3 is 15.2 Å². The van der Waals surface area contributed by atoms with E-state index < -0.39 is 0 Å². The Morgan fingerprint density at radius 1 is 1.41 bits per heavy atom. The second kappa shape index (κ2) is 6.05. The number of nitrogens with zero attached hydrogens (tertiary/aromatic N) is 2. The molecule has 1 fully saturated rings. The summed E-state index contributed by atoms with van der Waals surface area (Å²) in [6.45, 7) is 8.84. The number of nitrogens with one attached hydrogen (secondary N) is 2. The molecule has 4 heteroatoms. The molecule has 1 saturated heterocycles. The lowest BCUT2D eigenvalue weighted by molar-refractivity contribution is 0.384. The average Bonchev–Trinajstić information content (AvgIpc) is 2.86. The van der Waals surface area contributed by atoms with Crippen molar-refractivity contribution in [3.63, 3.8) is 0 Å². The number of imidazole rings is 1. The van der Waals surface area contributed by atoms with Crippen LogP contribution in [0.3, 0.4) is 0 Å². The van der Waals surface area contributed by atoms with Gasteiger partial charge in [0, 0.05) is 18.8 Å². The fourth-order valence-electron chi connectivity index (χ4n) is 2.38. The van der Waals surface area contributed by atoms with Crippen molar-refractivity contribution in [1.82, 2.24) is 15.3 Å². The number of piperidine rings is 1. The Balaban J connectivity index is 1.82. The fraction of sp³-hybridized carbons (Fsp3) is 0.769. The van der Waals surface area contributed by atoms with E-state index in [0.717, 1.165) is 37.9 Å². The maximum Gasteiger partial charge on any atom is 0.202 e. The van der Waals surface area contributed by atoms with Crippen LogP contribution in [0, 0.1) is 5.92 Å². The maximum absolute atomic E-state index is 4.45. The highest BCUT2D eigenvalue weighted by Gasteiger charge is 2.20. The van der Waals surface area contributed by atoms with E-state index >= 15 is 0 Å². The van der Waals surface area contributed by atoms with Gasteiger partial charge in [0.1, 0.15) is 0 Å². The molecule has 0 saturated carbocycles. The third-order valence-corrected chi connectivity index (χ3v) is 3.59. The Bertz CT molecular complexity index is 326. The van der Waals surface area contributed by atoms with Crippen LogP contribution < -0.4 is 10.2 Å². The first-order valence-corrected chi connectivity index (χ1v) is 6.83. The van der Waals surface area contributed by atoms with E-state index in [1.807, 2.05) is 6.20 Å². The molecule has 0 spiro atoms. The Morgan fingerprint density at radius 3 is 2.76 bits per heavy atom. The topological polar surface area (TPSA) is 44.0 Å². The van der Waals surface area contributed by atoms with Crippen LogP contribution in [0.1, 0.15) is 32.4 Å². The Morgan fingerprint density at radius 2 is 2.18 bits per heavy atom. The summed E-state index contributed by atoms with van der Waals surface area (Å²) in [5.74, 6) is 1.90. The van der Waals surface area contributed by atoms with Gasteiger partial charge in [0.2, 0.25) is 5.95 Å². The molecule has 0 atom stereocenters. The van der Waals surface area contributed by atoms with Gasteiger partial charge in [-0.2, -0.15) is 0 Å². The first-order valence-electron chi connectivity index (χ1n) is 6.83. The van der Waals surface area contributed by atoms with Gasteiger partial charge in [-0.3, -0.25) is 0 Å². The quantitative estimate of drug-likeness (QED) is 0.819. The Hall–Kier alpha value is -1.03. The standard InChI is InChI=1S/C13H24N4/c1-3-12-10-15-13(16-12)17-7-5-11(6-8-17)9-14-4-2/h10-11,14H,3-9H2,1-2H3,(H,15,16). The molecule has 96 valence electrons. The van der Waals surface area contributed by atoms with Crippen LogP contribution >= 0.6 is 0 Å². The SMILES string of the molecule is CCNCC1CCN(c2ncc(CC)[nH]2)CC1. The second-order valence-corrected chi connectivity index (χ2v) is 4.82. The zero-order valence-electron chi connectivity index (χ0n) is 11.0. The lowest BCUT2D eigenvalue weighted by Gasteiger charge is -2.31. The first kappa shape index (κ1) is 12.4. The van der Waals surface area contributed by atoms with E-state index in [-0.39, 0.29) is 0 Å². The molecule has 1 aromatic rings. The van der Waals surface area contributed by atoms with Crippen LogP contribution in [-0.2, 0) is 6.42 Å². The molecule has 2 N–H and O–H groups in total. The van der Waals surface area contributed by atoms with Crippen molar-refractivity contribution in [2.45, 2.75) is 33.1 Å². The molecule has 1 aliphatic heterocycles. The van der Waals surface area contributed by atoms with Crippen LogP contribution in [0.4, 0.5) is 5.95 Å². The number of hydrogen-bond acceptors (Lipinski definition) is 3. The van der Waals surface area contributed by atoms with Gasteiger partial charge in [0.05, 0.1) is 6.20 Å². The number of aryl methyl sites for hydroxylation is 1.